The number of benzene rings is 1. The molecular weight excluding hydrogens is 277 g/mol. The highest BCUT2D eigenvalue weighted by Crippen LogP contribution is 2.25. The highest BCUT2D eigenvalue weighted by molar-refractivity contribution is 9.10. The van der Waals surface area contributed by atoms with Crippen LogP contribution in [0.2, 0.25) is 5.02 Å². The number of carbonyl (C=O) groups is 1. The molecule has 1 rings (SSSR count). The van der Waals surface area contributed by atoms with E-state index in [9.17, 15) is 4.79 Å². The van der Waals surface area contributed by atoms with E-state index in [0.717, 1.165) is 4.47 Å². The fraction of sp³-hybridized carbons (Fsp3) is 0.182. The van der Waals surface area contributed by atoms with Crippen LogP contribution in [0, 0.1) is 0 Å². The number of anilines is 1. The van der Waals surface area contributed by atoms with E-state index < -0.39 is 0 Å². The fourth-order valence-corrected chi connectivity index (χ4v) is 1.46. The number of rotatable bonds is 4. The number of allylic oxidation sites excluding steroid dienone is 1. The van der Waals surface area contributed by atoms with Gasteiger partial charge in [-0.05, 0) is 40.5 Å². The van der Waals surface area contributed by atoms with E-state index in [1.165, 1.54) is 0 Å². The number of carbonyl (C=O) groups excluding carboxylic acids is 1. The van der Waals surface area contributed by atoms with E-state index in [0.29, 0.717) is 23.6 Å². The normalized spacial score (nSPS) is 9.73. The van der Waals surface area contributed by atoms with E-state index in [2.05, 4.69) is 27.8 Å². The van der Waals surface area contributed by atoms with Crippen molar-refractivity contribution in [2.45, 2.75) is 12.8 Å². The second-order valence-electron chi connectivity index (χ2n) is 3.00. The molecule has 0 bridgehead atoms. The number of nitrogens with one attached hydrogen (secondary N) is 1. The molecule has 0 saturated heterocycles. The van der Waals surface area contributed by atoms with Gasteiger partial charge < -0.3 is 5.32 Å². The van der Waals surface area contributed by atoms with Crippen LogP contribution in [0.15, 0.2) is 35.3 Å². The lowest BCUT2D eigenvalue weighted by atomic mass is 10.2. The van der Waals surface area contributed by atoms with Crippen LogP contribution in [-0.4, -0.2) is 5.91 Å². The van der Waals surface area contributed by atoms with E-state index in [1.54, 1.807) is 24.3 Å². The van der Waals surface area contributed by atoms with Crippen LogP contribution in [0.25, 0.3) is 0 Å². The lowest BCUT2D eigenvalue weighted by Gasteiger charge is -2.05. The number of halogens is 2. The first-order valence-electron chi connectivity index (χ1n) is 4.49. The standard InChI is InChI=1S/C11H11BrClNO/c1-2-3-4-11(15)14-8-5-6-9(12)10(13)7-8/h2,5-7H,1,3-4H2,(H,14,15). The summed E-state index contributed by atoms with van der Waals surface area (Å²) in [5.41, 5.74) is 0.706. The average molecular weight is 289 g/mol. The molecule has 0 saturated carbocycles. The highest BCUT2D eigenvalue weighted by atomic mass is 79.9. The van der Waals surface area contributed by atoms with Crippen LogP contribution < -0.4 is 5.32 Å². The van der Waals surface area contributed by atoms with Crippen molar-refractivity contribution in [3.05, 3.63) is 40.3 Å². The van der Waals surface area contributed by atoms with Gasteiger partial charge in [-0.15, -0.1) is 6.58 Å². The molecule has 1 amide bonds. The minimum absolute atomic E-state index is 0.0340. The predicted octanol–water partition coefficient (Wildman–Crippen LogP) is 4.01. The molecule has 2 nitrogen and oxygen atoms in total. The van der Waals surface area contributed by atoms with Crippen LogP contribution >= 0.6 is 27.5 Å². The van der Waals surface area contributed by atoms with Gasteiger partial charge in [0.15, 0.2) is 0 Å². The first-order valence-corrected chi connectivity index (χ1v) is 5.66. The van der Waals surface area contributed by atoms with E-state index in [1.807, 2.05) is 0 Å². The smallest absolute Gasteiger partial charge is 0.224 e. The predicted molar refractivity (Wildman–Crippen MR) is 67.2 cm³/mol. The summed E-state index contributed by atoms with van der Waals surface area (Å²) in [6.45, 7) is 3.56. The summed E-state index contributed by atoms with van der Waals surface area (Å²) in [6, 6.07) is 5.30. The average Bonchev–Trinajstić information content (AvgIpc) is 2.20. The second kappa shape index (κ2) is 5.93. The molecule has 15 heavy (non-hydrogen) atoms. The first-order chi connectivity index (χ1) is 7.13. The summed E-state index contributed by atoms with van der Waals surface area (Å²) in [6.07, 6.45) is 2.83. The van der Waals surface area contributed by atoms with Crippen molar-refractivity contribution < 1.29 is 4.79 Å². The number of hydrogen-bond donors (Lipinski definition) is 1. The molecule has 0 aromatic heterocycles. The van der Waals surface area contributed by atoms with Gasteiger partial charge in [-0.2, -0.15) is 0 Å². The Labute approximate surface area is 102 Å². The molecule has 0 atom stereocenters. The monoisotopic (exact) mass is 287 g/mol. The third-order valence-electron chi connectivity index (χ3n) is 1.78. The van der Waals surface area contributed by atoms with Gasteiger partial charge in [0.2, 0.25) is 5.91 Å². The molecule has 0 radical (unpaired) electrons. The zero-order valence-corrected chi connectivity index (χ0v) is 10.4. The van der Waals surface area contributed by atoms with Crippen molar-refractivity contribution in [1.82, 2.24) is 0 Å². The molecule has 0 aliphatic carbocycles. The van der Waals surface area contributed by atoms with Gasteiger partial charge in [-0.25, -0.2) is 0 Å². The Balaban J connectivity index is 2.60. The molecule has 0 aliphatic rings. The minimum Gasteiger partial charge on any atom is -0.326 e. The zero-order valence-electron chi connectivity index (χ0n) is 8.09. The zero-order chi connectivity index (χ0) is 11.3. The molecule has 0 spiro atoms. The van der Waals surface area contributed by atoms with Crippen LogP contribution in [-0.2, 0) is 4.79 Å². The van der Waals surface area contributed by atoms with Gasteiger partial charge in [0, 0.05) is 16.6 Å². The van der Waals surface area contributed by atoms with Gasteiger partial charge in [0.1, 0.15) is 0 Å². The van der Waals surface area contributed by atoms with Crippen LogP contribution in [0.3, 0.4) is 0 Å². The maximum atomic E-state index is 11.4. The van der Waals surface area contributed by atoms with Gasteiger partial charge in [-0.1, -0.05) is 17.7 Å². The van der Waals surface area contributed by atoms with Crippen LogP contribution in [0.4, 0.5) is 5.69 Å². The second-order valence-corrected chi connectivity index (χ2v) is 4.27. The van der Waals surface area contributed by atoms with Crippen LogP contribution in [0.5, 0.6) is 0 Å². The van der Waals surface area contributed by atoms with Crippen molar-refractivity contribution in [3.63, 3.8) is 0 Å². The quantitative estimate of drug-likeness (QED) is 0.833. The Bertz CT molecular complexity index is 379. The molecule has 1 aromatic rings. The summed E-state index contributed by atoms with van der Waals surface area (Å²) < 4.78 is 0.813. The Hall–Kier alpha value is -0.800. The lowest BCUT2D eigenvalue weighted by molar-refractivity contribution is -0.116. The molecule has 0 fully saturated rings. The molecule has 0 heterocycles. The van der Waals surface area contributed by atoms with Gasteiger partial charge in [0.05, 0.1) is 5.02 Å². The first kappa shape index (κ1) is 12.3. The fourth-order valence-electron chi connectivity index (χ4n) is 1.03. The Morgan fingerprint density at radius 3 is 2.93 bits per heavy atom. The van der Waals surface area contributed by atoms with Crippen molar-refractivity contribution in [1.29, 1.82) is 0 Å². The summed E-state index contributed by atoms with van der Waals surface area (Å²) in [5.74, 6) is -0.0340. The Kier molecular flexibility index (Phi) is 4.85. The summed E-state index contributed by atoms with van der Waals surface area (Å²) in [4.78, 5) is 11.4. The van der Waals surface area contributed by atoms with E-state index in [-0.39, 0.29) is 5.91 Å². The number of hydrogen-bond acceptors (Lipinski definition) is 1. The molecule has 1 aromatic carbocycles. The molecule has 4 heteroatoms. The third-order valence-corrected chi connectivity index (χ3v) is 3.01. The molecule has 0 aliphatic heterocycles. The van der Waals surface area contributed by atoms with Crippen LogP contribution in [0.1, 0.15) is 12.8 Å². The van der Waals surface area contributed by atoms with Gasteiger partial charge in [-0.3, -0.25) is 4.79 Å². The Morgan fingerprint density at radius 1 is 1.60 bits per heavy atom. The molecule has 1 N–H and O–H groups in total. The van der Waals surface area contributed by atoms with E-state index in [4.69, 9.17) is 11.6 Å². The summed E-state index contributed by atoms with van der Waals surface area (Å²) in [7, 11) is 0. The molecule has 80 valence electrons. The molecule has 0 unspecified atom stereocenters. The topological polar surface area (TPSA) is 29.1 Å². The van der Waals surface area contributed by atoms with Crippen molar-refractivity contribution in [2.24, 2.45) is 0 Å². The van der Waals surface area contributed by atoms with Crippen molar-refractivity contribution in [2.75, 3.05) is 5.32 Å². The Morgan fingerprint density at radius 2 is 2.33 bits per heavy atom. The van der Waals surface area contributed by atoms with Crippen molar-refractivity contribution >= 4 is 39.1 Å². The number of amides is 1. The largest absolute Gasteiger partial charge is 0.326 e. The SMILES string of the molecule is C=CCCC(=O)Nc1ccc(Br)c(Cl)c1. The van der Waals surface area contributed by atoms with Crippen molar-refractivity contribution in [3.8, 4) is 0 Å². The van der Waals surface area contributed by atoms with Gasteiger partial charge in [0.25, 0.3) is 0 Å². The minimum atomic E-state index is -0.0340. The summed E-state index contributed by atoms with van der Waals surface area (Å²) >= 11 is 9.17. The molecular formula is C11H11BrClNO. The summed E-state index contributed by atoms with van der Waals surface area (Å²) in [5, 5.41) is 3.33. The highest BCUT2D eigenvalue weighted by Gasteiger charge is 2.03. The lowest BCUT2D eigenvalue weighted by Crippen LogP contribution is -2.10. The maximum Gasteiger partial charge on any atom is 0.224 e. The third kappa shape index (κ3) is 4.06. The van der Waals surface area contributed by atoms with Gasteiger partial charge >= 0.3 is 0 Å². The maximum absolute atomic E-state index is 11.4. The van der Waals surface area contributed by atoms with E-state index >= 15 is 0 Å².